The van der Waals surface area contributed by atoms with E-state index in [0.29, 0.717) is 6.54 Å². The lowest BCUT2D eigenvalue weighted by Crippen LogP contribution is -2.08. The van der Waals surface area contributed by atoms with Crippen LogP contribution in [-0.2, 0) is 6.54 Å². The molecule has 0 aliphatic rings. The van der Waals surface area contributed by atoms with Crippen molar-refractivity contribution in [3.8, 4) is 11.4 Å². The number of benzene rings is 1. The van der Waals surface area contributed by atoms with Crippen molar-refractivity contribution in [3.63, 3.8) is 0 Å². The largest absolute Gasteiger partial charge is 0.330 e. The number of hydrogen-bond acceptors (Lipinski definition) is 4. The number of tetrazole rings is 1. The van der Waals surface area contributed by atoms with Gasteiger partial charge in [-0.1, -0.05) is 29.8 Å². The Balaban J connectivity index is 2.26. The quantitative estimate of drug-likeness (QED) is 0.829. The minimum absolute atomic E-state index is 0.646. The van der Waals surface area contributed by atoms with Crippen LogP contribution in [0.1, 0.15) is 12.0 Å². The van der Waals surface area contributed by atoms with Gasteiger partial charge in [0.25, 0.3) is 0 Å². The zero-order valence-corrected chi connectivity index (χ0v) is 9.30. The monoisotopic (exact) mass is 217 g/mol. The second kappa shape index (κ2) is 4.85. The van der Waals surface area contributed by atoms with Gasteiger partial charge in [0.15, 0.2) is 5.82 Å². The van der Waals surface area contributed by atoms with Crippen LogP contribution in [0.5, 0.6) is 0 Å². The number of aromatic nitrogens is 4. The maximum Gasteiger partial charge on any atom is 0.182 e. The molecule has 1 aromatic heterocycles. The van der Waals surface area contributed by atoms with Gasteiger partial charge in [0.05, 0.1) is 0 Å². The summed E-state index contributed by atoms with van der Waals surface area (Å²) in [6.07, 6.45) is 0.879. The van der Waals surface area contributed by atoms with Crippen LogP contribution in [0.4, 0.5) is 0 Å². The van der Waals surface area contributed by atoms with Crippen molar-refractivity contribution < 1.29 is 0 Å². The summed E-state index contributed by atoms with van der Waals surface area (Å²) in [6, 6.07) is 8.16. The molecule has 5 heteroatoms. The molecule has 0 aliphatic carbocycles. The van der Waals surface area contributed by atoms with Gasteiger partial charge in [0.1, 0.15) is 0 Å². The van der Waals surface area contributed by atoms with Gasteiger partial charge in [-0.25, -0.2) is 4.68 Å². The number of rotatable bonds is 4. The van der Waals surface area contributed by atoms with Crippen molar-refractivity contribution in [2.75, 3.05) is 6.54 Å². The molecule has 0 bridgehead atoms. The van der Waals surface area contributed by atoms with Gasteiger partial charge < -0.3 is 5.73 Å². The SMILES string of the molecule is Cc1ccc(-c2nnnn2CCCN)cc1. The Labute approximate surface area is 94.3 Å². The maximum absolute atomic E-state index is 5.47. The molecule has 1 heterocycles. The Morgan fingerprint density at radius 3 is 2.69 bits per heavy atom. The molecule has 84 valence electrons. The van der Waals surface area contributed by atoms with Crippen molar-refractivity contribution in [3.05, 3.63) is 29.8 Å². The summed E-state index contributed by atoms with van der Waals surface area (Å²) in [7, 11) is 0. The first-order valence-electron chi connectivity index (χ1n) is 5.34. The van der Waals surface area contributed by atoms with Crippen LogP contribution in [0.25, 0.3) is 11.4 Å². The third kappa shape index (κ3) is 2.25. The van der Waals surface area contributed by atoms with Crippen LogP contribution < -0.4 is 5.73 Å². The minimum atomic E-state index is 0.646. The fraction of sp³-hybridized carbons (Fsp3) is 0.364. The summed E-state index contributed by atoms with van der Waals surface area (Å²) in [4.78, 5) is 0. The second-order valence-corrected chi connectivity index (χ2v) is 3.73. The van der Waals surface area contributed by atoms with E-state index in [1.165, 1.54) is 5.56 Å². The van der Waals surface area contributed by atoms with E-state index < -0.39 is 0 Å². The molecule has 0 fully saturated rings. The molecule has 0 atom stereocenters. The standard InChI is InChI=1S/C11H15N5/c1-9-3-5-10(6-4-9)11-13-14-15-16(11)8-2-7-12/h3-6H,2,7-8,12H2,1H3. The molecule has 0 radical (unpaired) electrons. The summed E-state index contributed by atoms with van der Waals surface area (Å²) < 4.78 is 1.79. The average molecular weight is 217 g/mol. The fourth-order valence-corrected chi connectivity index (χ4v) is 1.51. The zero-order valence-electron chi connectivity index (χ0n) is 9.30. The predicted molar refractivity (Wildman–Crippen MR) is 61.7 cm³/mol. The molecule has 0 saturated carbocycles. The molecule has 0 aliphatic heterocycles. The smallest absolute Gasteiger partial charge is 0.182 e. The third-order valence-electron chi connectivity index (χ3n) is 2.42. The van der Waals surface area contributed by atoms with E-state index in [-0.39, 0.29) is 0 Å². The molecule has 16 heavy (non-hydrogen) atoms. The van der Waals surface area contributed by atoms with E-state index >= 15 is 0 Å². The van der Waals surface area contributed by atoms with Crippen molar-refractivity contribution in [2.24, 2.45) is 5.73 Å². The summed E-state index contributed by atoms with van der Waals surface area (Å²) in [6.45, 7) is 3.46. The van der Waals surface area contributed by atoms with Gasteiger partial charge in [-0.2, -0.15) is 0 Å². The van der Waals surface area contributed by atoms with Crippen LogP contribution >= 0.6 is 0 Å². The Bertz CT molecular complexity index is 446. The van der Waals surface area contributed by atoms with Crippen LogP contribution in [0, 0.1) is 6.92 Å². The molecule has 5 nitrogen and oxygen atoms in total. The highest BCUT2D eigenvalue weighted by atomic mass is 15.5. The molecule has 0 amide bonds. The van der Waals surface area contributed by atoms with E-state index in [4.69, 9.17) is 5.73 Å². The molecule has 2 aromatic rings. The molecule has 0 unspecified atom stereocenters. The van der Waals surface area contributed by atoms with Gasteiger partial charge in [-0.15, -0.1) is 5.10 Å². The summed E-state index contributed by atoms with van der Waals surface area (Å²) in [5, 5.41) is 11.7. The lowest BCUT2D eigenvalue weighted by atomic mass is 10.1. The Morgan fingerprint density at radius 1 is 1.25 bits per heavy atom. The molecule has 1 aromatic carbocycles. The first-order valence-corrected chi connectivity index (χ1v) is 5.34. The summed E-state index contributed by atoms with van der Waals surface area (Å²) >= 11 is 0. The molecule has 0 saturated heterocycles. The van der Waals surface area contributed by atoms with Gasteiger partial charge >= 0.3 is 0 Å². The first kappa shape index (κ1) is 10.8. The van der Waals surface area contributed by atoms with Crippen LogP contribution in [0.3, 0.4) is 0 Å². The van der Waals surface area contributed by atoms with E-state index in [0.717, 1.165) is 24.4 Å². The van der Waals surface area contributed by atoms with Gasteiger partial charge in [-0.3, -0.25) is 0 Å². The Hall–Kier alpha value is -1.75. The first-order chi connectivity index (χ1) is 7.81. The second-order valence-electron chi connectivity index (χ2n) is 3.73. The molecule has 0 spiro atoms. The normalized spacial score (nSPS) is 10.6. The highest BCUT2D eigenvalue weighted by Gasteiger charge is 2.07. The third-order valence-corrected chi connectivity index (χ3v) is 2.42. The Kier molecular flexibility index (Phi) is 3.26. The molecular weight excluding hydrogens is 202 g/mol. The van der Waals surface area contributed by atoms with Crippen molar-refractivity contribution >= 4 is 0 Å². The van der Waals surface area contributed by atoms with Crippen molar-refractivity contribution in [1.29, 1.82) is 0 Å². The fourth-order valence-electron chi connectivity index (χ4n) is 1.51. The van der Waals surface area contributed by atoms with E-state index in [9.17, 15) is 0 Å². The summed E-state index contributed by atoms with van der Waals surface area (Å²) in [5.74, 6) is 0.799. The lowest BCUT2D eigenvalue weighted by molar-refractivity contribution is 0.568. The van der Waals surface area contributed by atoms with Crippen LogP contribution in [-0.4, -0.2) is 26.8 Å². The number of aryl methyl sites for hydroxylation is 2. The Morgan fingerprint density at radius 2 is 2.00 bits per heavy atom. The van der Waals surface area contributed by atoms with Crippen LogP contribution in [0.15, 0.2) is 24.3 Å². The number of nitrogens with zero attached hydrogens (tertiary/aromatic N) is 4. The highest BCUT2D eigenvalue weighted by Crippen LogP contribution is 2.16. The molecular formula is C11H15N5. The highest BCUT2D eigenvalue weighted by molar-refractivity contribution is 5.54. The lowest BCUT2D eigenvalue weighted by Gasteiger charge is -2.03. The number of hydrogen-bond donors (Lipinski definition) is 1. The summed E-state index contributed by atoms with van der Waals surface area (Å²) in [5.41, 5.74) is 7.73. The molecule has 2 rings (SSSR count). The van der Waals surface area contributed by atoms with Gasteiger partial charge in [0, 0.05) is 12.1 Å². The number of nitrogens with two attached hydrogens (primary N) is 1. The van der Waals surface area contributed by atoms with E-state index in [2.05, 4.69) is 34.6 Å². The van der Waals surface area contributed by atoms with E-state index in [1.54, 1.807) is 4.68 Å². The van der Waals surface area contributed by atoms with Crippen molar-refractivity contribution in [1.82, 2.24) is 20.2 Å². The van der Waals surface area contributed by atoms with Crippen molar-refractivity contribution in [2.45, 2.75) is 19.9 Å². The zero-order chi connectivity index (χ0) is 11.4. The maximum atomic E-state index is 5.47. The van der Waals surface area contributed by atoms with Gasteiger partial charge in [-0.05, 0) is 30.3 Å². The minimum Gasteiger partial charge on any atom is -0.330 e. The topological polar surface area (TPSA) is 69.6 Å². The van der Waals surface area contributed by atoms with Crippen LogP contribution in [0.2, 0.25) is 0 Å². The predicted octanol–water partition coefficient (Wildman–Crippen LogP) is 0.997. The average Bonchev–Trinajstić information content (AvgIpc) is 2.75. The molecule has 2 N–H and O–H groups in total. The van der Waals surface area contributed by atoms with E-state index in [1.807, 2.05) is 12.1 Å². The van der Waals surface area contributed by atoms with Gasteiger partial charge in [0.2, 0.25) is 0 Å².